The number of carbonyl (C=O) groups excluding carboxylic acids is 1. The molecule has 0 aliphatic carbocycles. The minimum absolute atomic E-state index is 0.00802. The predicted molar refractivity (Wildman–Crippen MR) is 77.4 cm³/mol. The van der Waals surface area contributed by atoms with Crippen molar-refractivity contribution in [2.24, 2.45) is 10.9 Å². The van der Waals surface area contributed by atoms with Crippen LogP contribution in [0.25, 0.3) is 0 Å². The fourth-order valence-electron chi connectivity index (χ4n) is 2.44. The molecule has 3 rings (SSSR count). The van der Waals surface area contributed by atoms with Gasteiger partial charge >= 0.3 is 5.97 Å². The Bertz CT molecular complexity index is 710. The maximum absolute atomic E-state index is 12.3. The number of carboxylic acid groups (broad SMARTS) is 1. The Hall–Kier alpha value is -2.57. The summed E-state index contributed by atoms with van der Waals surface area (Å²) < 4.78 is 10.7. The van der Waals surface area contributed by atoms with Crippen LogP contribution in [0, 0.1) is 5.92 Å². The zero-order chi connectivity index (χ0) is 16.1. The molecule has 1 unspecified atom stereocenters. The zero-order valence-corrected chi connectivity index (χ0v) is 12.5. The summed E-state index contributed by atoms with van der Waals surface area (Å²) in [7, 11) is 0. The summed E-state index contributed by atoms with van der Waals surface area (Å²) in [4.78, 5) is 28.2. The van der Waals surface area contributed by atoms with Crippen molar-refractivity contribution in [3.05, 3.63) is 23.3 Å². The molecule has 2 aliphatic heterocycles. The molecule has 1 atom stereocenters. The number of nitrogens with zero attached hydrogens (tertiary/aromatic N) is 1. The van der Waals surface area contributed by atoms with Crippen molar-refractivity contribution in [2.45, 2.75) is 26.3 Å². The molecule has 0 aromatic heterocycles. The van der Waals surface area contributed by atoms with E-state index in [4.69, 9.17) is 9.47 Å². The van der Waals surface area contributed by atoms with E-state index >= 15 is 0 Å². The van der Waals surface area contributed by atoms with Crippen molar-refractivity contribution < 1.29 is 24.2 Å². The second kappa shape index (κ2) is 4.72. The summed E-state index contributed by atoms with van der Waals surface area (Å²) >= 11 is 0. The van der Waals surface area contributed by atoms with Crippen molar-refractivity contribution in [1.82, 2.24) is 5.32 Å². The summed E-state index contributed by atoms with van der Waals surface area (Å²) in [5.74, 6) is -0.469. The lowest BCUT2D eigenvalue weighted by molar-refractivity contribution is -0.124. The van der Waals surface area contributed by atoms with Crippen molar-refractivity contribution >= 4 is 17.7 Å². The number of carboxylic acids is 1. The van der Waals surface area contributed by atoms with Crippen LogP contribution >= 0.6 is 0 Å². The van der Waals surface area contributed by atoms with Crippen molar-refractivity contribution in [3.8, 4) is 11.5 Å². The SMILES string of the molecule is CC(C)C1(C)N=C(c2c(C(=O)O)ccc3c2OCO3)NC1=O. The topological polar surface area (TPSA) is 97.2 Å². The molecule has 2 aliphatic rings. The van der Waals surface area contributed by atoms with Gasteiger partial charge in [0.2, 0.25) is 6.79 Å². The third-order valence-corrected chi connectivity index (χ3v) is 4.17. The van der Waals surface area contributed by atoms with Gasteiger partial charge in [0, 0.05) is 0 Å². The van der Waals surface area contributed by atoms with Gasteiger partial charge in [-0.25, -0.2) is 4.79 Å². The van der Waals surface area contributed by atoms with E-state index in [2.05, 4.69) is 10.3 Å². The average molecular weight is 304 g/mol. The van der Waals surface area contributed by atoms with E-state index in [9.17, 15) is 14.7 Å². The van der Waals surface area contributed by atoms with E-state index in [0.29, 0.717) is 11.5 Å². The Morgan fingerprint density at radius 1 is 1.41 bits per heavy atom. The largest absolute Gasteiger partial charge is 0.478 e. The lowest BCUT2D eigenvalue weighted by Crippen LogP contribution is -2.41. The van der Waals surface area contributed by atoms with E-state index in [-0.39, 0.29) is 35.6 Å². The monoisotopic (exact) mass is 304 g/mol. The molecule has 22 heavy (non-hydrogen) atoms. The Morgan fingerprint density at radius 3 is 2.73 bits per heavy atom. The van der Waals surface area contributed by atoms with Crippen LogP contribution in [0.3, 0.4) is 0 Å². The van der Waals surface area contributed by atoms with Gasteiger partial charge in [-0.15, -0.1) is 0 Å². The van der Waals surface area contributed by atoms with Crippen molar-refractivity contribution in [1.29, 1.82) is 0 Å². The number of ether oxygens (including phenoxy) is 2. The molecule has 116 valence electrons. The molecule has 1 aromatic rings. The molecule has 2 N–H and O–H groups in total. The van der Waals surface area contributed by atoms with E-state index < -0.39 is 11.5 Å². The number of amidine groups is 1. The van der Waals surface area contributed by atoms with E-state index in [0.717, 1.165) is 0 Å². The fraction of sp³-hybridized carbons (Fsp3) is 0.400. The van der Waals surface area contributed by atoms with Gasteiger partial charge in [0.1, 0.15) is 11.4 Å². The highest BCUT2D eigenvalue weighted by Crippen LogP contribution is 2.39. The smallest absolute Gasteiger partial charge is 0.336 e. The third kappa shape index (κ3) is 1.93. The van der Waals surface area contributed by atoms with E-state index in [1.54, 1.807) is 6.92 Å². The second-order valence-electron chi connectivity index (χ2n) is 5.74. The average Bonchev–Trinajstić information content (AvgIpc) is 3.03. The summed E-state index contributed by atoms with van der Waals surface area (Å²) in [5.41, 5.74) is -0.677. The van der Waals surface area contributed by atoms with Crippen LogP contribution < -0.4 is 14.8 Å². The minimum Gasteiger partial charge on any atom is -0.478 e. The Morgan fingerprint density at radius 2 is 2.14 bits per heavy atom. The zero-order valence-electron chi connectivity index (χ0n) is 12.5. The lowest BCUT2D eigenvalue weighted by Gasteiger charge is -2.21. The van der Waals surface area contributed by atoms with E-state index in [1.807, 2.05) is 13.8 Å². The van der Waals surface area contributed by atoms with Crippen LogP contribution in [0.1, 0.15) is 36.7 Å². The van der Waals surface area contributed by atoms with Crippen LogP contribution in [0.5, 0.6) is 11.5 Å². The van der Waals surface area contributed by atoms with Crippen molar-refractivity contribution in [3.63, 3.8) is 0 Å². The third-order valence-electron chi connectivity index (χ3n) is 4.17. The Balaban J connectivity index is 2.19. The number of hydrogen-bond donors (Lipinski definition) is 2. The standard InChI is InChI=1S/C15H16N2O5/c1-7(2)15(3)14(20)16-12(17-15)10-8(13(18)19)4-5-9-11(10)22-6-21-9/h4-5,7H,6H2,1-3H3,(H,18,19)(H,16,17,20). The second-order valence-corrected chi connectivity index (χ2v) is 5.74. The van der Waals surface area contributed by atoms with Gasteiger partial charge in [0.05, 0.1) is 11.1 Å². The molecule has 0 fully saturated rings. The van der Waals surface area contributed by atoms with Gasteiger partial charge in [-0.3, -0.25) is 9.79 Å². The molecule has 1 amide bonds. The minimum atomic E-state index is -1.12. The molecule has 1 aromatic carbocycles. The lowest BCUT2D eigenvalue weighted by atomic mass is 9.89. The molecule has 7 heteroatoms. The number of fused-ring (bicyclic) bond motifs is 1. The number of amides is 1. The van der Waals surface area contributed by atoms with Gasteiger partial charge in [-0.1, -0.05) is 13.8 Å². The highest BCUT2D eigenvalue weighted by Gasteiger charge is 2.44. The first-order valence-corrected chi connectivity index (χ1v) is 6.92. The summed E-state index contributed by atoms with van der Waals surface area (Å²) in [5, 5.41) is 12.1. The summed E-state index contributed by atoms with van der Waals surface area (Å²) in [6.45, 7) is 5.51. The van der Waals surface area contributed by atoms with Gasteiger partial charge in [-0.2, -0.15) is 0 Å². The number of rotatable bonds is 3. The van der Waals surface area contributed by atoms with Crippen LogP contribution in [0.2, 0.25) is 0 Å². The number of carbonyl (C=O) groups is 2. The maximum atomic E-state index is 12.3. The predicted octanol–water partition coefficient (Wildman–Crippen LogP) is 1.40. The first kappa shape index (κ1) is 14.4. The molecular formula is C15H16N2O5. The van der Waals surface area contributed by atoms with Gasteiger partial charge in [-0.05, 0) is 25.0 Å². The number of aliphatic imine (C=N–C) groups is 1. The number of benzene rings is 1. The fourth-order valence-corrected chi connectivity index (χ4v) is 2.44. The Labute approximate surface area is 126 Å². The Kier molecular flexibility index (Phi) is 3.09. The number of aromatic carboxylic acids is 1. The summed E-state index contributed by atoms with van der Waals surface area (Å²) in [6, 6.07) is 2.96. The van der Waals surface area contributed by atoms with Gasteiger partial charge in [0.25, 0.3) is 5.91 Å². The van der Waals surface area contributed by atoms with Crippen LogP contribution in [0.4, 0.5) is 0 Å². The first-order chi connectivity index (χ1) is 10.3. The molecule has 7 nitrogen and oxygen atoms in total. The van der Waals surface area contributed by atoms with E-state index in [1.165, 1.54) is 12.1 Å². The van der Waals surface area contributed by atoms with Crippen LogP contribution in [0.15, 0.2) is 17.1 Å². The van der Waals surface area contributed by atoms with Gasteiger partial charge < -0.3 is 19.9 Å². The molecule has 0 spiro atoms. The number of nitrogens with one attached hydrogen (secondary N) is 1. The quantitative estimate of drug-likeness (QED) is 0.880. The number of hydrogen-bond acceptors (Lipinski definition) is 5. The molecular weight excluding hydrogens is 288 g/mol. The van der Waals surface area contributed by atoms with Crippen LogP contribution in [-0.4, -0.2) is 35.2 Å². The molecule has 0 radical (unpaired) electrons. The molecule has 0 bridgehead atoms. The highest BCUT2D eigenvalue weighted by molar-refractivity contribution is 6.19. The normalized spacial score (nSPS) is 22.7. The summed E-state index contributed by atoms with van der Waals surface area (Å²) in [6.07, 6.45) is 0. The van der Waals surface area contributed by atoms with Gasteiger partial charge in [0.15, 0.2) is 11.5 Å². The molecule has 0 saturated heterocycles. The maximum Gasteiger partial charge on any atom is 0.336 e. The molecule has 2 heterocycles. The first-order valence-electron chi connectivity index (χ1n) is 6.92. The van der Waals surface area contributed by atoms with Crippen molar-refractivity contribution in [2.75, 3.05) is 6.79 Å². The van der Waals surface area contributed by atoms with Crippen LogP contribution in [-0.2, 0) is 4.79 Å². The molecule has 0 saturated carbocycles. The highest BCUT2D eigenvalue weighted by atomic mass is 16.7.